The van der Waals surface area contributed by atoms with Gasteiger partial charge in [-0.15, -0.1) is 0 Å². The highest BCUT2D eigenvalue weighted by Crippen LogP contribution is 2.23. The normalized spacial score (nSPS) is 10.9. The average Bonchev–Trinajstić information content (AvgIpc) is 2.46. The topological polar surface area (TPSA) is 68.1 Å². The zero-order valence-corrected chi connectivity index (χ0v) is 12.5. The maximum absolute atomic E-state index is 10.8. The van der Waals surface area contributed by atoms with E-state index in [-0.39, 0.29) is 5.69 Å². The van der Waals surface area contributed by atoms with Crippen molar-refractivity contribution in [3.63, 3.8) is 0 Å². The lowest BCUT2D eigenvalue weighted by Gasteiger charge is -2.11. The molecule has 5 heteroatoms. The Labute approximate surface area is 124 Å². The van der Waals surface area contributed by atoms with E-state index >= 15 is 0 Å². The van der Waals surface area contributed by atoms with Gasteiger partial charge in [-0.05, 0) is 18.6 Å². The van der Waals surface area contributed by atoms with Crippen LogP contribution >= 0.6 is 0 Å². The minimum absolute atomic E-state index is 0.0810. The lowest BCUT2D eigenvalue weighted by atomic mass is 10.1. The number of non-ortho nitro benzene ring substituents is 1. The first-order valence-electron chi connectivity index (χ1n) is 6.92. The molecule has 0 atom stereocenters. The van der Waals surface area contributed by atoms with E-state index in [4.69, 9.17) is 0 Å². The van der Waals surface area contributed by atoms with Crippen LogP contribution < -0.4 is 5.32 Å². The third-order valence-electron chi connectivity index (χ3n) is 3.25. The van der Waals surface area contributed by atoms with Crippen molar-refractivity contribution in [2.24, 2.45) is 0 Å². The van der Waals surface area contributed by atoms with E-state index in [0.29, 0.717) is 6.04 Å². The molecule has 21 heavy (non-hydrogen) atoms. The summed E-state index contributed by atoms with van der Waals surface area (Å²) in [4.78, 5) is 15.0. The molecule has 0 aliphatic heterocycles. The summed E-state index contributed by atoms with van der Waals surface area (Å²) in [6.45, 7) is 6.92. The SMILES string of the molecule is Cc1nc(-c2cccc([N+](=O)[O-])c2)ccc1CNC(C)C. The minimum Gasteiger partial charge on any atom is -0.310 e. The monoisotopic (exact) mass is 285 g/mol. The Morgan fingerprint density at radius 1 is 1.29 bits per heavy atom. The highest BCUT2D eigenvalue weighted by molar-refractivity contribution is 5.62. The molecule has 5 nitrogen and oxygen atoms in total. The molecule has 1 N–H and O–H groups in total. The fourth-order valence-corrected chi connectivity index (χ4v) is 2.03. The molecule has 2 rings (SSSR count). The van der Waals surface area contributed by atoms with Crippen molar-refractivity contribution in [3.8, 4) is 11.3 Å². The second-order valence-corrected chi connectivity index (χ2v) is 5.28. The zero-order chi connectivity index (χ0) is 15.4. The molecule has 2 aromatic rings. The van der Waals surface area contributed by atoms with Gasteiger partial charge in [-0.1, -0.05) is 32.0 Å². The number of nitrogens with one attached hydrogen (secondary N) is 1. The van der Waals surface area contributed by atoms with E-state index in [0.717, 1.165) is 29.1 Å². The molecule has 0 aliphatic carbocycles. The summed E-state index contributed by atoms with van der Waals surface area (Å²) < 4.78 is 0. The minimum atomic E-state index is -0.392. The van der Waals surface area contributed by atoms with E-state index in [9.17, 15) is 10.1 Å². The smallest absolute Gasteiger partial charge is 0.270 e. The summed E-state index contributed by atoms with van der Waals surface area (Å²) in [6.07, 6.45) is 0. The van der Waals surface area contributed by atoms with Gasteiger partial charge in [-0.2, -0.15) is 0 Å². The Kier molecular flexibility index (Phi) is 4.65. The van der Waals surface area contributed by atoms with Crippen molar-refractivity contribution in [2.45, 2.75) is 33.4 Å². The third kappa shape index (κ3) is 3.86. The molecule has 0 unspecified atom stereocenters. The predicted molar refractivity (Wildman–Crippen MR) is 83.0 cm³/mol. The van der Waals surface area contributed by atoms with Crippen LogP contribution in [-0.2, 0) is 6.54 Å². The number of benzene rings is 1. The van der Waals surface area contributed by atoms with E-state index in [1.807, 2.05) is 25.1 Å². The summed E-state index contributed by atoms with van der Waals surface area (Å²) in [5.41, 5.74) is 3.67. The lowest BCUT2D eigenvalue weighted by Crippen LogP contribution is -2.22. The Morgan fingerprint density at radius 2 is 2.05 bits per heavy atom. The van der Waals surface area contributed by atoms with Gasteiger partial charge in [0.1, 0.15) is 0 Å². The summed E-state index contributed by atoms with van der Waals surface area (Å²) in [5.74, 6) is 0. The second-order valence-electron chi connectivity index (χ2n) is 5.28. The van der Waals surface area contributed by atoms with E-state index in [1.165, 1.54) is 6.07 Å². The van der Waals surface area contributed by atoms with Crippen LogP contribution in [0, 0.1) is 17.0 Å². The van der Waals surface area contributed by atoms with E-state index < -0.39 is 4.92 Å². The van der Waals surface area contributed by atoms with Crippen LogP contribution in [0.15, 0.2) is 36.4 Å². The number of pyridine rings is 1. The van der Waals surface area contributed by atoms with Gasteiger partial charge >= 0.3 is 0 Å². The molecule has 0 bridgehead atoms. The van der Waals surface area contributed by atoms with Crippen LogP contribution in [0.5, 0.6) is 0 Å². The first kappa shape index (κ1) is 15.1. The van der Waals surface area contributed by atoms with Crippen LogP contribution in [0.25, 0.3) is 11.3 Å². The number of nitrogens with zero attached hydrogens (tertiary/aromatic N) is 2. The lowest BCUT2D eigenvalue weighted by molar-refractivity contribution is -0.384. The van der Waals surface area contributed by atoms with Crippen molar-refractivity contribution in [3.05, 3.63) is 57.8 Å². The van der Waals surface area contributed by atoms with Gasteiger partial charge in [0.25, 0.3) is 5.69 Å². The molecule has 110 valence electrons. The number of hydrogen-bond acceptors (Lipinski definition) is 4. The van der Waals surface area contributed by atoms with Gasteiger partial charge in [0.2, 0.25) is 0 Å². The quantitative estimate of drug-likeness (QED) is 0.674. The maximum Gasteiger partial charge on any atom is 0.270 e. The molecule has 1 aromatic carbocycles. The van der Waals surface area contributed by atoms with Crippen LogP contribution in [0.2, 0.25) is 0 Å². The fourth-order valence-electron chi connectivity index (χ4n) is 2.03. The number of nitro benzene ring substituents is 1. The average molecular weight is 285 g/mol. The maximum atomic E-state index is 10.8. The van der Waals surface area contributed by atoms with Gasteiger partial charge in [0, 0.05) is 36.0 Å². The van der Waals surface area contributed by atoms with Gasteiger partial charge < -0.3 is 5.32 Å². The first-order valence-corrected chi connectivity index (χ1v) is 6.92. The van der Waals surface area contributed by atoms with E-state index in [2.05, 4.69) is 24.1 Å². The summed E-state index contributed by atoms with van der Waals surface area (Å²) >= 11 is 0. The predicted octanol–water partition coefficient (Wildman–Crippen LogP) is 3.46. The summed E-state index contributed by atoms with van der Waals surface area (Å²) in [6, 6.07) is 10.9. The number of rotatable bonds is 5. The summed E-state index contributed by atoms with van der Waals surface area (Å²) in [5, 5.41) is 14.2. The van der Waals surface area contributed by atoms with Crippen LogP contribution in [0.1, 0.15) is 25.1 Å². The van der Waals surface area contributed by atoms with Gasteiger partial charge in [0.05, 0.1) is 10.6 Å². The Morgan fingerprint density at radius 3 is 2.67 bits per heavy atom. The molecule has 0 amide bonds. The molecular formula is C16H19N3O2. The summed E-state index contributed by atoms with van der Waals surface area (Å²) in [7, 11) is 0. The number of aryl methyl sites for hydroxylation is 1. The molecular weight excluding hydrogens is 266 g/mol. The molecule has 0 fully saturated rings. The molecule has 1 heterocycles. The van der Waals surface area contributed by atoms with Gasteiger partial charge in [-0.3, -0.25) is 15.1 Å². The first-order chi connectivity index (χ1) is 9.97. The molecule has 0 radical (unpaired) electrons. The van der Waals surface area contributed by atoms with Crippen molar-refractivity contribution < 1.29 is 4.92 Å². The van der Waals surface area contributed by atoms with Crippen LogP contribution in [0.3, 0.4) is 0 Å². The molecule has 0 saturated carbocycles. The second kappa shape index (κ2) is 6.45. The van der Waals surface area contributed by atoms with Crippen molar-refractivity contribution in [1.82, 2.24) is 10.3 Å². The standard InChI is InChI=1S/C16H19N3O2/c1-11(2)17-10-14-7-8-16(18-12(14)3)13-5-4-6-15(9-13)19(20)21/h4-9,11,17H,10H2,1-3H3. The Balaban J connectivity index is 2.27. The fraction of sp³-hybridized carbons (Fsp3) is 0.312. The Hall–Kier alpha value is -2.27. The van der Waals surface area contributed by atoms with E-state index in [1.54, 1.807) is 12.1 Å². The number of aromatic nitrogens is 1. The van der Waals surface area contributed by atoms with Gasteiger partial charge in [0.15, 0.2) is 0 Å². The molecule has 0 aliphatic rings. The van der Waals surface area contributed by atoms with Crippen molar-refractivity contribution in [1.29, 1.82) is 0 Å². The van der Waals surface area contributed by atoms with Gasteiger partial charge in [-0.25, -0.2) is 0 Å². The highest BCUT2D eigenvalue weighted by Gasteiger charge is 2.09. The number of nitro groups is 1. The third-order valence-corrected chi connectivity index (χ3v) is 3.25. The van der Waals surface area contributed by atoms with Crippen LogP contribution in [0.4, 0.5) is 5.69 Å². The Bertz CT molecular complexity index is 654. The molecule has 0 spiro atoms. The largest absolute Gasteiger partial charge is 0.310 e. The highest BCUT2D eigenvalue weighted by atomic mass is 16.6. The number of hydrogen-bond donors (Lipinski definition) is 1. The van der Waals surface area contributed by atoms with Crippen molar-refractivity contribution in [2.75, 3.05) is 0 Å². The van der Waals surface area contributed by atoms with Crippen molar-refractivity contribution >= 4 is 5.69 Å². The molecule has 1 aromatic heterocycles. The zero-order valence-electron chi connectivity index (χ0n) is 12.5. The van der Waals surface area contributed by atoms with Crippen LogP contribution in [-0.4, -0.2) is 15.9 Å². The molecule has 0 saturated heterocycles.